The van der Waals surface area contributed by atoms with E-state index >= 15 is 0 Å². The van der Waals surface area contributed by atoms with Gasteiger partial charge in [0, 0.05) is 5.02 Å². The second-order valence-electron chi connectivity index (χ2n) is 4.19. The van der Waals surface area contributed by atoms with Crippen molar-refractivity contribution in [3.63, 3.8) is 0 Å². The average Bonchev–Trinajstić information content (AvgIpc) is 2.38. The van der Waals surface area contributed by atoms with Gasteiger partial charge in [-0.3, -0.25) is 0 Å². The molecule has 6 heteroatoms. The van der Waals surface area contributed by atoms with Crippen molar-refractivity contribution in [2.75, 3.05) is 10.6 Å². The van der Waals surface area contributed by atoms with Gasteiger partial charge in [0.2, 0.25) is 0 Å². The molecule has 0 radical (unpaired) electrons. The molecule has 0 saturated carbocycles. The number of anilines is 2. The highest BCUT2D eigenvalue weighted by molar-refractivity contribution is 7.80. The van der Waals surface area contributed by atoms with Crippen LogP contribution in [0.2, 0.25) is 10.0 Å². The zero-order chi connectivity index (χ0) is 14.7. The Kier molecular flexibility index (Phi) is 4.81. The Bertz CT molecular complexity index is 606. The van der Waals surface area contributed by atoms with Gasteiger partial charge in [0.1, 0.15) is 5.82 Å². The summed E-state index contributed by atoms with van der Waals surface area (Å²) in [6.45, 7) is 1.87. The first-order valence-corrected chi connectivity index (χ1v) is 6.91. The summed E-state index contributed by atoms with van der Waals surface area (Å²) in [5.74, 6) is -0.378. The fraction of sp³-hybridized carbons (Fsp3) is 0.0714. The molecule has 2 aromatic rings. The number of rotatable bonds is 2. The predicted octanol–water partition coefficient (Wildman–Crippen LogP) is 5.25. The summed E-state index contributed by atoms with van der Waals surface area (Å²) >= 11 is 17.0. The zero-order valence-corrected chi connectivity index (χ0v) is 12.8. The molecule has 2 N–H and O–H groups in total. The van der Waals surface area contributed by atoms with Crippen LogP contribution in [0.15, 0.2) is 36.4 Å². The van der Waals surface area contributed by atoms with Gasteiger partial charge in [-0.05, 0) is 55.0 Å². The Hall–Kier alpha value is -1.36. The Labute approximate surface area is 131 Å². The second-order valence-corrected chi connectivity index (χ2v) is 5.44. The minimum absolute atomic E-state index is 0.235. The van der Waals surface area contributed by atoms with E-state index in [2.05, 4.69) is 10.6 Å². The zero-order valence-electron chi connectivity index (χ0n) is 10.5. The first kappa shape index (κ1) is 15.0. The highest BCUT2D eigenvalue weighted by atomic mass is 35.5. The van der Waals surface area contributed by atoms with E-state index in [1.165, 1.54) is 6.07 Å². The largest absolute Gasteiger partial charge is 0.331 e. The van der Waals surface area contributed by atoms with Crippen molar-refractivity contribution in [1.29, 1.82) is 0 Å². The van der Waals surface area contributed by atoms with Crippen molar-refractivity contribution in [3.05, 3.63) is 57.8 Å². The lowest BCUT2D eigenvalue weighted by molar-refractivity contribution is 0.632. The number of aryl methyl sites for hydroxylation is 1. The fourth-order valence-electron chi connectivity index (χ4n) is 1.60. The molecule has 0 spiro atoms. The van der Waals surface area contributed by atoms with Crippen LogP contribution in [0.5, 0.6) is 0 Å². The summed E-state index contributed by atoms with van der Waals surface area (Å²) in [5.41, 5.74) is 1.79. The summed E-state index contributed by atoms with van der Waals surface area (Å²) in [6, 6.07) is 9.71. The molecule has 20 heavy (non-hydrogen) atoms. The standard InChI is InChI=1S/C14H11Cl2FN2S/c1-8-2-5-11(17)13(6-8)19-14(20)18-12-7-9(15)3-4-10(12)16/h2-7H,1H3,(H2,18,19,20). The van der Waals surface area contributed by atoms with Gasteiger partial charge in [0.25, 0.3) is 0 Å². The molecule has 0 heterocycles. The highest BCUT2D eigenvalue weighted by Crippen LogP contribution is 2.25. The normalized spacial score (nSPS) is 10.2. The van der Waals surface area contributed by atoms with E-state index in [1.54, 1.807) is 30.3 Å². The van der Waals surface area contributed by atoms with Crippen LogP contribution in [-0.2, 0) is 0 Å². The summed E-state index contributed by atoms with van der Waals surface area (Å²) < 4.78 is 13.6. The van der Waals surface area contributed by atoms with Crippen molar-refractivity contribution in [1.82, 2.24) is 0 Å². The van der Waals surface area contributed by atoms with Crippen LogP contribution >= 0.6 is 35.4 Å². The number of nitrogens with one attached hydrogen (secondary N) is 2. The number of benzene rings is 2. The maximum atomic E-state index is 13.6. The Morgan fingerprint density at radius 1 is 1.05 bits per heavy atom. The van der Waals surface area contributed by atoms with Crippen LogP contribution in [0.1, 0.15) is 5.56 Å². The lowest BCUT2D eigenvalue weighted by Gasteiger charge is -2.13. The molecular formula is C14H11Cl2FN2S. The van der Waals surface area contributed by atoms with Gasteiger partial charge >= 0.3 is 0 Å². The van der Waals surface area contributed by atoms with E-state index in [0.717, 1.165) is 5.56 Å². The van der Waals surface area contributed by atoms with Gasteiger partial charge in [-0.2, -0.15) is 0 Å². The number of thiocarbonyl (C=S) groups is 1. The first-order chi connectivity index (χ1) is 9.45. The molecule has 2 rings (SSSR count). The molecule has 0 amide bonds. The van der Waals surface area contributed by atoms with E-state index in [0.29, 0.717) is 21.4 Å². The molecule has 0 fully saturated rings. The van der Waals surface area contributed by atoms with Crippen molar-refractivity contribution in [2.45, 2.75) is 6.92 Å². The molecule has 0 aliphatic carbocycles. The van der Waals surface area contributed by atoms with Gasteiger partial charge in [-0.1, -0.05) is 29.3 Å². The monoisotopic (exact) mass is 328 g/mol. The van der Waals surface area contributed by atoms with Gasteiger partial charge in [-0.15, -0.1) is 0 Å². The molecular weight excluding hydrogens is 318 g/mol. The van der Waals surface area contributed by atoms with Crippen LogP contribution in [0, 0.1) is 12.7 Å². The molecule has 104 valence electrons. The van der Waals surface area contributed by atoms with Gasteiger partial charge in [0.15, 0.2) is 5.11 Å². The third-order valence-corrected chi connectivity index (χ3v) is 3.32. The minimum Gasteiger partial charge on any atom is -0.331 e. The lowest BCUT2D eigenvalue weighted by atomic mass is 10.2. The van der Waals surface area contributed by atoms with Gasteiger partial charge < -0.3 is 10.6 Å². The fourth-order valence-corrected chi connectivity index (χ4v) is 2.16. The molecule has 2 aromatic carbocycles. The van der Waals surface area contributed by atoms with E-state index in [1.807, 2.05) is 6.92 Å². The van der Waals surface area contributed by atoms with Crippen molar-refractivity contribution in [2.24, 2.45) is 0 Å². The molecule has 0 aliphatic heterocycles. The lowest BCUT2D eigenvalue weighted by Crippen LogP contribution is -2.20. The van der Waals surface area contributed by atoms with Crippen LogP contribution in [0.25, 0.3) is 0 Å². The smallest absolute Gasteiger partial charge is 0.175 e. The maximum absolute atomic E-state index is 13.6. The van der Waals surface area contributed by atoms with Gasteiger partial charge in [-0.25, -0.2) is 4.39 Å². The summed E-state index contributed by atoms with van der Waals surface area (Å²) in [5, 5.41) is 6.91. The summed E-state index contributed by atoms with van der Waals surface area (Å²) in [7, 11) is 0. The van der Waals surface area contributed by atoms with E-state index < -0.39 is 0 Å². The maximum Gasteiger partial charge on any atom is 0.175 e. The molecule has 0 aromatic heterocycles. The van der Waals surface area contributed by atoms with Crippen molar-refractivity contribution < 1.29 is 4.39 Å². The first-order valence-electron chi connectivity index (χ1n) is 5.75. The van der Waals surface area contributed by atoms with Crippen LogP contribution in [0.3, 0.4) is 0 Å². The quantitative estimate of drug-likeness (QED) is 0.736. The third kappa shape index (κ3) is 3.82. The molecule has 0 aliphatic rings. The molecule has 0 atom stereocenters. The van der Waals surface area contributed by atoms with Crippen LogP contribution in [-0.4, -0.2) is 5.11 Å². The third-order valence-electron chi connectivity index (χ3n) is 2.55. The molecule has 2 nitrogen and oxygen atoms in total. The Morgan fingerprint density at radius 3 is 2.50 bits per heavy atom. The molecule has 0 unspecified atom stereocenters. The minimum atomic E-state index is -0.378. The number of hydrogen-bond acceptors (Lipinski definition) is 1. The van der Waals surface area contributed by atoms with E-state index in [9.17, 15) is 4.39 Å². The summed E-state index contributed by atoms with van der Waals surface area (Å²) in [4.78, 5) is 0. The van der Waals surface area contributed by atoms with E-state index in [4.69, 9.17) is 35.4 Å². The second kappa shape index (κ2) is 6.39. The number of hydrogen-bond donors (Lipinski definition) is 2. The Morgan fingerprint density at radius 2 is 1.75 bits per heavy atom. The van der Waals surface area contributed by atoms with Gasteiger partial charge in [0.05, 0.1) is 16.4 Å². The van der Waals surface area contributed by atoms with Crippen LogP contribution in [0.4, 0.5) is 15.8 Å². The topological polar surface area (TPSA) is 24.1 Å². The highest BCUT2D eigenvalue weighted by Gasteiger charge is 2.07. The summed E-state index contributed by atoms with van der Waals surface area (Å²) in [6.07, 6.45) is 0. The molecule has 0 saturated heterocycles. The number of halogens is 3. The van der Waals surface area contributed by atoms with Crippen LogP contribution < -0.4 is 10.6 Å². The Balaban J connectivity index is 2.13. The van der Waals surface area contributed by atoms with Crippen molar-refractivity contribution in [3.8, 4) is 0 Å². The van der Waals surface area contributed by atoms with Crippen molar-refractivity contribution >= 4 is 51.9 Å². The molecule has 0 bridgehead atoms. The average molecular weight is 329 g/mol. The van der Waals surface area contributed by atoms with E-state index in [-0.39, 0.29) is 10.9 Å². The SMILES string of the molecule is Cc1ccc(F)c(NC(=S)Nc2cc(Cl)ccc2Cl)c1. The predicted molar refractivity (Wildman–Crippen MR) is 87.4 cm³/mol.